The zero-order chi connectivity index (χ0) is 13.2. The molecule has 2 heterocycles. The molecule has 1 aromatic carbocycles. The smallest absolute Gasteiger partial charge is 0.122 e. The van der Waals surface area contributed by atoms with Crippen molar-refractivity contribution in [2.75, 3.05) is 6.61 Å². The van der Waals surface area contributed by atoms with E-state index < -0.39 is 0 Å². The van der Waals surface area contributed by atoms with Crippen molar-refractivity contribution < 1.29 is 4.74 Å². The van der Waals surface area contributed by atoms with E-state index in [1.165, 1.54) is 5.56 Å². The summed E-state index contributed by atoms with van der Waals surface area (Å²) >= 11 is 0. The summed E-state index contributed by atoms with van der Waals surface area (Å²) in [6, 6.07) is 10.1. The van der Waals surface area contributed by atoms with Crippen LogP contribution in [0.3, 0.4) is 0 Å². The fraction of sp³-hybridized carbons (Fsp3) is 0.400. The van der Waals surface area contributed by atoms with Crippen LogP contribution in [-0.2, 0) is 6.54 Å². The molecular formula is C15H19N3O. The van der Waals surface area contributed by atoms with Gasteiger partial charge in [0.2, 0.25) is 0 Å². The third-order valence-electron chi connectivity index (χ3n) is 3.70. The number of benzene rings is 1. The van der Waals surface area contributed by atoms with Crippen LogP contribution in [0.2, 0.25) is 0 Å². The molecule has 2 atom stereocenters. The maximum Gasteiger partial charge on any atom is 0.122 e. The maximum absolute atomic E-state index is 6.45. The summed E-state index contributed by atoms with van der Waals surface area (Å²) in [5.74, 6) is 1.17. The lowest BCUT2D eigenvalue weighted by atomic mass is 9.92. The van der Waals surface area contributed by atoms with Gasteiger partial charge in [0.1, 0.15) is 5.75 Å². The number of rotatable bonds is 4. The Morgan fingerprint density at radius 2 is 2.26 bits per heavy atom. The molecule has 4 heteroatoms. The first kappa shape index (κ1) is 12.2. The number of nitrogens with zero attached hydrogens (tertiary/aromatic N) is 2. The van der Waals surface area contributed by atoms with Gasteiger partial charge in [0.25, 0.3) is 0 Å². The molecule has 3 rings (SSSR count). The monoisotopic (exact) mass is 257 g/mol. The highest BCUT2D eigenvalue weighted by Gasteiger charge is 2.31. The Morgan fingerprint density at radius 3 is 3.11 bits per heavy atom. The van der Waals surface area contributed by atoms with Crippen LogP contribution >= 0.6 is 0 Å². The minimum Gasteiger partial charge on any atom is -0.493 e. The molecule has 1 aliphatic rings. The first-order valence-electron chi connectivity index (χ1n) is 6.80. The summed E-state index contributed by atoms with van der Waals surface area (Å²) in [5, 5.41) is 4.35. The van der Waals surface area contributed by atoms with E-state index in [-0.39, 0.29) is 12.0 Å². The molecule has 0 amide bonds. The summed E-state index contributed by atoms with van der Waals surface area (Å²) in [6.07, 6.45) is 2.88. The van der Waals surface area contributed by atoms with Crippen molar-refractivity contribution in [2.45, 2.75) is 31.8 Å². The van der Waals surface area contributed by atoms with E-state index in [0.29, 0.717) is 6.61 Å². The van der Waals surface area contributed by atoms with E-state index in [4.69, 9.17) is 10.5 Å². The van der Waals surface area contributed by atoms with Crippen LogP contribution in [0.1, 0.15) is 36.6 Å². The highest BCUT2D eigenvalue weighted by atomic mass is 16.5. The van der Waals surface area contributed by atoms with Gasteiger partial charge in [-0.05, 0) is 18.6 Å². The molecule has 0 saturated heterocycles. The number of aromatic nitrogens is 2. The minimum atomic E-state index is -0.0716. The first-order valence-corrected chi connectivity index (χ1v) is 6.80. The number of nitrogens with two attached hydrogens (primary N) is 1. The highest BCUT2D eigenvalue weighted by Crippen LogP contribution is 2.39. The van der Waals surface area contributed by atoms with Crippen molar-refractivity contribution in [3.05, 3.63) is 47.8 Å². The van der Waals surface area contributed by atoms with Crippen LogP contribution in [0.5, 0.6) is 5.75 Å². The van der Waals surface area contributed by atoms with Gasteiger partial charge >= 0.3 is 0 Å². The summed E-state index contributed by atoms with van der Waals surface area (Å²) in [4.78, 5) is 0. The molecule has 19 heavy (non-hydrogen) atoms. The van der Waals surface area contributed by atoms with Crippen molar-refractivity contribution in [1.29, 1.82) is 0 Å². The molecular weight excluding hydrogens is 238 g/mol. The number of ether oxygens (including phenoxy) is 1. The molecule has 0 radical (unpaired) electrons. The molecule has 0 bridgehead atoms. The zero-order valence-corrected chi connectivity index (χ0v) is 11.1. The van der Waals surface area contributed by atoms with E-state index in [1.807, 2.05) is 35.1 Å². The van der Waals surface area contributed by atoms with Crippen molar-refractivity contribution in [3.63, 3.8) is 0 Å². The van der Waals surface area contributed by atoms with Crippen molar-refractivity contribution in [1.82, 2.24) is 9.78 Å². The molecule has 1 aromatic heterocycles. The quantitative estimate of drug-likeness (QED) is 0.915. The standard InChI is InChI=1S/C15H19N3O/c1-2-9-18-13(7-8-17-18)15(16)12-10-19-14-6-4-3-5-11(12)14/h3-8,12,15H,2,9-10,16H2,1H3. The van der Waals surface area contributed by atoms with Crippen LogP contribution in [-0.4, -0.2) is 16.4 Å². The molecule has 2 N–H and O–H groups in total. The van der Waals surface area contributed by atoms with Gasteiger partial charge in [0.05, 0.1) is 18.3 Å². The van der Waals surface area contributed by atoms with Crippen LogP contribution in [0.4, 0.5) is 0 Å². The van der Waals surface area contributed by atoms with Crippen molar-refractivity contribution in [2.24, 2.45) is 5.73 Å². The van der Waals surface area contributed by atoms with Crippen molar-refractivity contribution in [3.8, 4) is 5.75 Å². The molecule has 0 aliphatic carbocycles. The highest BCUT2D eigenvalue weighted by molar-refractivity contribution is 5.41. The molecule has 0 fully saturated rings. The van der Waals surface area contributed by atoms with Gasteiger partial charge in [-0.25, -0.2) is 0 Å². The number of para-hydroxylation sites is 1. The van der Waals surface area contributed by atoms with Crippen LogP contribution in [0.25, 0.3) is 0 Å². The van der Waals surface area contributed by atoms with Gasteiger partial charge in [0.15, 0.2) is 0 Å². The van der Waals surface area contributed by atoms with Crippen LogP contribution in [0, 0.1) is 0 Å². The molecule has 2 aromatic rings. The second-order valence-electron chi connectivity index (χ2n) is 4.96. The minimum absolute atomic E-state index is 0.0716. The van der Waals surface area contributed by atoms with E-state index in [0.717, 1.165) is 24.4 Å². The second kappa shape index (κ2) is 5.05. The first-order chi connectivity index (χ1) is 9.31. The maximum atomic E-state index is 6.45. The van der Waals surface area contributed by atoms with E-state index in [9.17, 15) is 0 Å². The van der Waals surface area contributed by atoms with Gasteiger partial charge < -0.3 is 10.5 Å². The Bertz CT molecular complexity index is 564. The topological polar surface area (TPSA) is 53.1 Å². The van der Waals surface area contributed by atoms with Gasteiger partial charge in [0, 0.05) is 24.2 Å². The van der Waals surface area contributed by atoms with Gasteiger partial charge in [-0.2, -0.15) is 5.10 Å². The normalized spacial score (nSPS) is 18.9. The summed E-state index contributed by atoms with van der Waals surface area (Å²) in [7, 11) is 0. The molecule has 0 saturated carbocycles. The van der Waals surface area contributed by atoms with Gasteiger partial charge in [-0.1, -0.05) is 25.1 Å². The third kappa shape index (κ3) is 2.12. The molecule has 1 aliphatic heterocycles. The summed E-state index contributed by atoms with van der Waals surface area (Å²) < 4.78 is 7.73. The summed E-state index contributed by atoms with van der Waals surface area (Å²) in [5.41, 5.74) is 8.75. The molecule has 100 valence electrons. The fourth-order valence-corrected chi connectivity index (χ4v) is 2.72. The van der Waals surface area contributed by atoms with E-state index in [2.05, 4.69) is 18.1 Å². The van der Waals surface area contributed by atoms with Crippen molar-refractivity contribution >= 4 is 0 Å². The largest absolute Gasteiger partial charge is 0.493 e. The predicted molar refractivity (Wildman–Crippen MR) is 74.1 cm³/mol. The van der Waals surface area contributed by atoms with Gasteiger partial charge in [-0.15, -0.1) is 0 Å². The predicted octanol–water partition coefficient (Wildman–Crippen LogP) is 2.47. The Labute approximate surface area is 113 Å². The molecule has 4 nitrogen and oxygen atoms in total. The Balaban J connectivity index is 1.89. The SMILES string of the molecule is CCCn1nccc1C(N)C1COc2ccccc21. The second-order valence-corrected chi connectivity index (χ2v) is 4.96. The zero-order valence-electron chi connectivity index (χ0n) is 11.1. The van der Waals surface area contributed by atoms with Crippen LogP contribution < -0.4 is 10.5 Å². The molecule has 0 spiro atoms. The van der Waals surface area contributed by atoms with Crippen LogP contribution in [0.15, 0.2) is 36.5 Å². The third-order valence-corrected chi connectivity index (χ3v) is 3.70. The number of hydrogen-bond donors (Lipinski definition) is 1. The lowest BCUT2D eigenvalue weighted by Gasteiger charge is -2.19. The lowest BCUT2D eigenvalue weighted by Crippen LogP contribution is -2.24. The number of aryl methyl sites for hydroxylation is 1. The van der Waals surface area contributed by atoms with E-state index in [1.54, 1.807) is 0 Å². The van der Waals surface area contributed by atoms with E-state index >= 15 is 0 Å². The Hall–Kier alpha value is -1.81. The Morgan fingerprint density at radius 1 is 1.42 bits per heavy atom. The lowest BCUT2D eigenvalue weighted by molar-refractivity contribution is 0.311. The Kier molecular flexibility index (Phi) is 3.25. The fourth-order valence-electron chi connectivity index (χ4n) is 2.72. The average Bonchev–Trinajstić information content (AvgIpc) is 3.04. The number of fused-ring (bicyclic) bond motifs is 1. The average molecular weight is 257 g/mol. The molecule has 2 unspecified atom stereocenters. The van der Waals surface area contributed by atoms with Gasteiger partial charge in [-0.3, -0.25) is 4.68 Å². The number of hydrogen-bond acceptors (Lipinski definition) is 3. The summed E-state index contributed by atoms with van der Waals surface area (Å²) in [6.45, 7) is 3.70.